The molecule has 1 fully saturated rings. The number of carbonyl (C=O) groups is 1. The van der Waals surface area contributed by atoms with E-state index in [0.717, 1.165) is 25.9 Å². The van der Waals surface area contributed by atoms with Crippen LogP contribution in [0, 0.1) is 17.2 Å². The summed E-state index contributed by atoms with van der Waals surface area (Å²) in [6, 6.07) is 5.41. The molecule has 2 heterocycles. The fourth-order valence-corrected chi connectivity index (χ4v) is 2.41. The van der Waals surface area contributed by atoms with Gasteiger partial charge in [-0.15, -0.1) is 0 Å². The van der Waals surface area contributed by atoms with E-state index in [4.69, 9.17) is 5.26 Å². The zero-order valence-electron chi connectivity index (χ0n) is 11.3. The average molecular weight is 258 g/mol. The van der Waals surface area contributed by atoms with Crippen LogP contribution in [0.4, 0.5) is 5.82 Å². The normalized spacial score (nSPS) is 19.7. The first-order chi connectivity index (χ1) is 9.11. The smallest absolute Gasteiger partial charge is 0.232 e. The number of pyridine rings is 1. The Kier molecular flexibility index (Phi) is 4.13. The molecule has 0 saturated carbocycles. The highest BCUT2D eigenvalue weighted by Crippen LogP contribution is 2.20. The molecule has 2 rings (SSSR count). The van der Waals surface area contributed by atoms with E-state index in [0.29, 0.717) is 11.4 Å². The van der Waals surface area contributed by atoms with Gasteiger partial charge in [-0.05, 0) is 38.6 Å². The van der Waals surface area contributed by atoms with Crippen LogP contribution in [-0.2, 0) is 4.79 Å². The third-order valence-corrected chi connectivity index (χ3v) is 3.52. The van der Waals surface area contributed by atoms with Gasteiger partial charge in [-0.25, -0.2) is 4.98 Å². The lowest BCUT2D eigenvalue weighted by molar-refractivity contribution is -0.123. The molecule has 1 atom stereocenters. The second-order valence-corrected chi connectivity index (χ2v) is 5.02. The van der Waals surface area contributed by atoms with Gasteiger partial charge in [-0.3, -0.25) is 9.69 Å². The Morgan fingerprint density at radius 2 is 2.37 bits per heavy atom. The van der Waals surface area contributed by atoms with Crippen LogP contribution in [0.5, 0.6) is 0 Å². The van der Waals surface area contributed by atoms with Gasteiger partial charge in [0.1, 0.15) is 11.9 Å². The van der Waals surface area contributed by atoms with Crippen molar-refractivity contribution in [3.63, 3.8) is 0 Å². The predicted molar refractivity (Wildman–Crippen MR) is 72.6 cm³/mol. The lowest BCUT2D eigenvalue weighted by Crippen LogP contribution is -2.42. The number of aromatic nitrogens is 1. The van der Waals surface area contributed by atoms with E-state index >= 15 is 0 Å². The molecule has 1 unspecified atom stereocenters. The number of nitriles is 1. The highest BCUT2D eigenvalue weighted by Gasteiger charge is 2.27. The summed E-state index contributed by atoms with van der Waals surface area (Å²) in [5.74, 6) is 0.738. The number of piperidine rings is 1. The molecule has 5 heteroatoms. The minimum absolute atomic E-state index is 0.0428. The van der Waals surface area contributed by atoms with E-state index < -0.39 is 0 Å². The molecular formula is C14H18N4O. The topological polar surface area (TPSA) is 60.2 Å². The maximum Gasteiger partial charge on any atom is 0.232 e. The third kappa shape index (κ3) is 3.09. The molecule has 5 nitrogen and oxygen atoms in total. The molecule has 0 bridgehead atoms. The SMILES string of the molecule is CN1CCCC(C(=O)N(C)c2ccc(C#N)cn2)C1. The van der Waals surface area contributed by atoms with Crippen molar-refractivity contribution in [3.05, 3.63) is 23.9 Å². The van der Waals surface area contributed by atoms with Gasteiger partial charge in [0.15, 0.2) is 0 Å². The van der Waals surface area contributed by atoms with Crippen molar-refractivity contribution in [1.82, 2.24) is 9.88 Å². The average Bonchev–Trinajstić information content (AvgIpc) is 2.46. The van der Waals surface area contributed by atoms with E-state index in [-0.39, 0.29) is 11.8 Å². The van der Waals surface area contributed by atoms with Crippen molar-refractivity contribution < 1.29 is 4.79 Å². The number of hydrogen-bond donors (Lipinski definition) is 0. The van der Waals surface area contributed by atoms with Crippen LogP contribution in [0.25, 0.3) is 0 Å². The summed E-state index contributed by atoms with van der Waals surface area (Å²) in [4.78, 5) is 20.3. The Labute approximate surface area is 113 Å². The summed E-state index contributed by atoms with van der Waals surface area (Å²) in [5, 5.41) is 8.73. The van der Waals surface area contributed by atoms with Gasteiger partial charge in [0.2, 0.25) is 5.91 Å². The summed E-state index contributed by atoms with van der Waals surface area (Å²) < 4.78 is 0. The van der Waals surface area contributed by atoms with Gasteiger partial charge < -0.3 is 4.90 Å². The van der Waals surface area contributed by atoms with E-state index in [1.165, 1.54) is 6.20 Å². The van der Waals surface area contributed by atoms with Crippen molar-refractivity contribution in [2.75, 3.05) is 32.1 Å². The number of rotatable bonds is 2. The Hall–Kier alpha value is -1.93. The summed E-state index contributed by atoms with van der Waals surface area (Å²) in [6.45, 7) is 1.86. The number of likely N-dealkylation sites (tertiary alicyclic amines) is 1. The summed E-state index contributed by atoms with van der Waals surface area (Å²) in [5.41, 5.74) is 0.502. The molecule has 1 amide bonds. The van der Waals surface area contributed by atoms with Crippen LogP contribution in [0.1, 0.15) is 18.4 Å². The van der Waals surface area contributed by atoms with Gasteiger partial charge in [-0.1, -0.05) is 0 Å². The Bertz CT molecular complexity index is 491. The van der Waals surface area contributed by atoms with Crippen molar-refractivity contribution in [1.29, 1.82) is 5.26 Å². The van der Waals surface area contributed by atoms with E-state index in [1.54, 1.807) is 24.1 Å². The molecule has 1 saturated heterocycles. The zero-order valence-corrected chi connectivity index (χ0v) is 11.3. The fraction of sp³-hybridized carbons (Fsp3) is 0.500. The monoisotopic (exact) mass is 258 g/mol. The second-order valence-electron chi connectivity index (χ2n) is 5.02. The van der Waals surface area contributed by atoms with Crippen molar-refractivity contribution in [2.45, 2.75) is 12.8 Å². The van der Waals surface area contributed by atoms with Gasteiger partial charge in [0.25, 0.3) is 0 Å². The molecule has 0 spiro atoms. The minimum Gasteiger partial charge on any atom is -0.306 e. The maximum absolute atomic E-state index is 12.4. The lowest BCUT2D eigenvalue weighted by Gasteiger charge is -2.31. The van der Waals surface area contributed by atoms with Crippen LogP contribution >= 0.6 is 0 Å². The van der Waals surface area contributed by atoms with Crippen LogP contribution < -0.4 is 4.90 Å². The van der Waals surface area contributed by atoms with Gasteiger partial charge >= 0.3 is 0 Å². The molecule has 100 valence electrons. The standard InChI is InChI=1S/C14H18N4O/c1-17-7-3-4-12(10-17)14(19)18(2)13-6-5-11(8-15)9-16-13/h5-6,9,12H,3-4,7,10H2,1-2H3. The quantitative estimate of drug-likeness (QED) is 0.801. The number of carbonyl (C=O) groups excluding carboxylic acids is 1. The first-order valence-corrected chi connectivity index (χ1v) is 6.44. The van der Waals surface area contributed by atoms with E-state index in [2.05, 4.69) is 9.88 Å². The minimum atomic E-state index is 0.0428. The number of amides is 1. The molecule has 1 aromatic heterocycles. The maximum atomic E-state index is 12.4. The van der Waals surface area contributed by atoms with Crippen molar-refractivity contribution in [3.8, 4) is 6.07 Å². The molecule has 0 N–H and O–H groups in total. The molecule has 19 heavy (non-hydrogen) atoms. The van der Waals surface area contributed by atoms with Gasteiger partial charge in [0.05, 0.1) is 11.5 Å². The fourth-order valence-electron chi connectivity index (χ4n) is 2.41. The van der Waals surface area contributed by atoms with E-state index in [9.17, 15) is 4.79 Å². The van der Waals surface area contributed by atoms with Crippen molar-refractivity contribution >= 4 is 11.7 Å². The molecule has 0 aromatic carbocycles. The Morgan fingerprint density at radius 1 is 1.58 bits per heavy atom. The first-order valence-electron chi connectivity index (χ1n) is 6.44. The van der Waals surface area contributed by atoms with Crippen LogP contribution in [0.3, 0.4) is 0 Å². The van der Waals surface area contributed by atoms with Crippen LogP contribution in [0.15, 0.2) is 18.3 Å². The first kappa shape index (κ1) is 13.5. The summed E-state index contributed by atoms with van der Waals surface area (Å²) >= 11 is 0. The molecule has 1 aliphatic rings. The largest absolute Gasteiger partial charge is 0.306 e. The molecular weight excluding hydrogens is 240 g/mol. The predicted octanol–water partition coefficient (Wildman–Crippen LogP) is 1.26. The van der Waals surface area contributed by atoms with Gasteiger partial charge in [0, 0.05) is 19.8 Å². The zero-order chi connectivity index (χ0) is 13.8. The summed E-state index contributed by atoms with van der Waals surface area (Å²) in [6.07, 6.45) is 3.48. The third-order valence-electron chi connectivity index (χ3n) is 3.52. The van der Waals surface area contributed by atoms with Crippen LogP contribution in [0.2, 0.25) is 0 Å². The van der Waals surface area contributed by atoms with Crippen molar-refractivity contribution in [2.24, 2.45) is 5.92 Å². The molecule has 1 aromatic rings. The highest BCUT2D eigenvalue weighted by molar-refractivity contribution is 5.93. The second kappa shape index (κ2) is 5.81. The van der Waals surface area contributed by atoms with E-state index in [1.807, 2.05) is 13.1 Å². The van der Waals surface area contributed by atoms with Gasteiger partial charge in [-0.2, -0.15) is 5.26 Å². The number of hydrogen-bond acceptors (Lipinski definition) is 4. The molecule has 0 aliphatic carbocycles. The number of anilines is 1. The highest BCUT2D eigenvalue weighted by atomic mass is 16.2. The molecule has 0 radical (unpaired) electrons. The summed E-state index contributed by atoms with van der Waals surface area (Å²) in [7, 11) is 3.78. The lowest BCUT2D eigenvalue weighted by atomic mass is 9.97. The number of nitrogens with zero attached hydrogens (tertiary/aromatic N) is 4. The molecule has 1 aliphatic heterocycles. The Morgan fingerprint density at radius 3 is 2.95 bits per heavy atom. The Balaban J connectivity index is 2.07. The van der Waals surface area contributed by atoms with Crippen LogP contribution in [-0.4, -0.2) is 43.0 Å².